The van der Waals surface area contributed by atoms with Gasteiger partial charge in [-0.25, -0.2) is 0 Å². The second-order valence-corrected chi connectivity index (χ2v) is 9.33. The summed E-state index contributed by atoms with van der Waals surface area (Å²) in [6, 6.07) is 5.34. The van der Waals surface area contributed by atoms with Crippen LogP contribution in [0.15, 0.2) is 24.3 Å². The Hall–Kier alpha value is -3.30. The molecule has 6 N–H and O–H groups in total. The molecular weight excluding hydrogens is 516 g/mol. The van der Waals surface area contributed by atoms with Crippen LogP contribution in [-0.4, -0.2) is 141 Å². The lowest BCUT2D eigenvalue weighted by Crippen LogP contribution is -2.62. The van der Waals surface area contributed by atoms with Crippen LogP contribution in [0.3, 0.4) is 0 Å². The van der Waals surface area contributed by atoms with E-state index in [-0.39, 0.29) is 32.6 Å². The summed E-state index contributed by atoms with van der Waals surface area (Å²) in [7, 11) is 0. The molecule has 0 aromatic heterocycles. The van der Waals surface area contributed by atoms with Gasteiger partial charge < -0.3 is 35.6 Å². The van der Waals surface area contributed by atoms with Crippen LogP contribution in [0.4, 0.5) is 0 Å². The van der Waals surface area contributed by atoms with Gasteiger partial charge in [-0.2, -0.15) is 0 Å². The summed E-state index contributed by atoms with van der Waals surface area (Å²) >= 11 is 0. The van der Waals surface area contributed by atoms with E-state index in [0.29, 0.717) is 37.4 Å². The van der Waals surface area contributed by atoms with Crippen molar-refractivity contribution in [2.45, 2.75) is 38.1 Å². The van der Waals surface area contributed by atoms with Crippen LogP contribution < -0.4 is 10.1 Å². The molecule has 1 saturated heterocycles. The Morgan fingerprint density at radius 2 is 1.44 bits per heavy atom. The molecule has 3 atom stereocenters. The average molecular weight is 555 g/mol. The third-order valence-corrected chi connectivity index (χ3v) is 6.37. The third kappa shape index (κ3) is 11.1. The molecule has 0 saturated carbocycles. The fraction of sp³-hybridized carbons (Fsp3) is 0.600. The molecule has 0 bridgehead atoms. The highest BCUT2D eigenvalue weighted by Gasteiger charge is 2.39. The van der Waals surface area contributed by atoms with Gasteiger partial charge in [0.05, 0.1) is 32.1 Å². The van der Waals surface area contributed by atoms with E-state index >= 15 is 0 Å². The number of ether oxygens (including phenoxy) is 1. The summed E-state index contributed by atoms with van der Waals surface area (Å²) in [5.41, 5.74) is 0.556. The van der Waals surface area contributed by atoms with Crippen molar-refractivity contribution in [3.05, 3.63) is 29.8 Å². The molecule has 1 aliphatic rings. The standard InChI is InChI=1S/C25H38N4O10/c1-2-19(39-18-5-3-17(4-6-18)13-20(30)31)24-25(38)29(16-23(36)37)10-8-26-7-9-27(14-21(32)33)11-12-28(24)15-22(34)35/h3-6,19,24-26,38H,2,7-16H2,1H3,(H,30,31)(H,32,33)(H,34,35)(H,36,37). The van der Waals surface area contributed by atoms with E-state index in [1.165, 1.54) is 9.80 Å². The average Bonchev–Trinajstić information content (AvgIpc) is 2.84. The van der Waals surface area contributed by atoms with Crippen molar-refractivity contribution < 1.29 is 49.4 Å². The van der Waals surface area contributed by atoms with Crippen LogP contribution in [-0.2, 0) is 25.6 Å². The number of aliphatic hydroxyl groups excluding tert-OH is 1. The van der Waals surface area contributed by atoms with Crippen molar-refractivity contribution in [3.8, 4) is 5.75 Å². The Morgan fingerprint density at radius 3 is 2.00 bits per heavy atom. The topological polar surface area (TPSA) is 200 Å². The van der Waals surface area contributed by atoms with Crippen LogP contribution in [0.1, 0.15) is 18.9 Å². The molecule has 14 heteroatoms. The molecule has 0 aliphatic carbocycles. The van der Waals surface area contributed by atoms with Gasteiger partial charge in [0.25, 0.3) is 0 Å². The maximum Gasteiger partial charge on any atom is 0.317 e. The molecule has 3 unspecified atom stereocenters. The SMILES string of the molecule is CCC(Oc1ccc(CC(=O)O)cc1)C1C(O)N(CC(=O)O)CCNCCN(CC(=O)O)CCN1CC(=O)O. The predicted octanol–water partition coefficient (Wildman–Crippen LogP) is -1.08. The van der Waals surface area contributed by atoms with Gasteiger partial charge in [0.15, 0.2) is 0 Å². The van der Waals surface area contributed by atoms with E-state index < -0.39 is 55.3 Å². The number of nitrogens with zero attached hydrogens (tertiary/aromatic N) is 3. The number of nitrogens with one attached hydrogen (secondary N) is 1. The number of hydrogen-bond acceptors (Lipinski definition) is 10. The maximum atomic E-state index is 11.9. The van der Waals surface area contributed by atoms with E-state index in [1.54, 1.807) is 36.1 Å². The minimum atomic E-state index is -1.44. The second-order valence-electron chi connectivity index (χ2n) is 9.33. The lowest BCUT2D eigenvalue weighted by molar-refractivity contribution is -0.151. The largest absolute Gasteiger partial charge is 0.489 e. The Balaban J connectivity index is 2.45. The van der Waals surface area contributed by atoms with Crippen LogP contribution in [0.2, 0.25) is 0 Å². The molecule has 0 spiro atoms. The van der Waals surface area contributed by atoms with Crippen LogP contribution in [0, 0.1) is 0 Å². The second kappa shape index (κ2) is 16.0. The molecule has 2 rings (SSSR count). The van der Waals surface area contributed by atoms with E-state index in [9.17, 15) is 39.6 Å². The highest BCUT2D eigenvalue weighted by Crippen LogP contribution is 2.23. The molecule has 0 radical (unpaired) electrons. The van der Waals surface area contributed by atoms with Gasteiger partial charge >= 0.3 is 23.9 Å². The van der Waals surface area contributed by atoms with Gasteiger partial charge in [0.1, 0.15) is 18.1 Å². The summed E-state index contributed by atoms with van der Waals surface area (Å²) in [6.45, 7) is 2.02. The van der Waals surface area contributed by atoms with Gasteiger partial charge in [0, 0.05) is 39.3 Å². The van der Waals surface area contributed by atoms with Crippen LogP contribution in [0.25, 0.3) is 0 Å². The minimum absolute atomic E-state index is 0.0691. The van der Waals surface area contributed by atoms with Gasteiger partial charge in [-0.15, -0.1) is 0 Å². The van der Waals surface area contributed by atoms with E-state index in [1.807, 2.05) is 0 Å². The predicted molar refractivity (Wildman–Crippen MR) is 138 cm³/mol. The van der Waals surface area contributed by atoms with Crippen LogP contribution >= 0.6 is 0 Å². The fourth-order valence-corrected chi connectivity index (χ4v) is 4.56. The van der Waals surface area contributed by atoms with E-state index in [4.69, 9.17) is 9.84 Å². The van der Waals surface area contributed by atoms with Crippen molar-refractivity contribution in [1.29, 1.82) is 0 Å². The lowest BCUT2D eigenvalue weighted by Gasteiger charge is -2.43. The molecule has 39 heavy (non-hydrogen) atoms. The zero-order valence-corrected chi connectivity index (χ0v) is 21.9. The van der Waals surface area contributed by atoms with Crippen molar-refractivity contribution in [2.75, 3.05) is 58.9 Å². The number of aliphatic hydroxyl groups is 1. The smallest absolute Gasteiger partial charge is 0.317 e. The Labute approximate surface area is 226 Å². The first-order valence-electron chi connectivity index (χ1n) is 12.7. The highest BCUT2D eigenvalue weighted by molar-refractivity contribution is 5.70. The summed E-state index contributed by atoms with van der Waals surface area (Å²) in [5.74, 6) is -4.00. The minimum Gasteiger partial charge on any atom is -0.489 e. The number of carbonyl (C=O) groups is 4. The number of hydrogen-bond donors (Lipinski definition) is 6. The van der Waals surface area contributed by atoms with Gasteiger partial charge in [-0.05, 0) is 24.1 Å². The summed E-state index contributed by atoms with van der Waals surface area (Å²) in [6.07, 6.45) is -2.10. The molecular formula is C25H38N4O10. The fourth-order valence-electron chi connectivity index (χ4n) is 4.56. The van der Waals surface area contributed by atoms with Crippen molar-refractivity contribution in [3.63, 3.8) is 0 Å². The number of rotatable bonds is 12. The Morgan fingerprint density at radius 1 is 0.846 bits per heavy atom. The molecule has 1 heterocycles. The van der Waals surface area contributed by atoms with E-state index in [0.717, 1.165) is 0 Å². The molecule has 1 aromatic carbocycles. The molecule has 14 nitrogen and oxygen atoms in total. The zero-order chi connectivity index (χ0) is 28.9. The van der Waals surface area contributed by atoms with Crippen molar-refractivity contribution in [1.82, 2.24) is 20.0 Å². The molecule has 0 amide bonds. The highest BCUT2D eigenvalue weighted by atomic mass is 16.5. The number of benzene rings is 1. The first-order valence-corrected chi connectivity index (χ1v) is 12.7. The maximum absolute atomic E-state index is 11.9. The summed E-state index contributed by atoms with van der Waals surface area (Å²) in [4.78, 5) is 50.4. The molecule has 218 valence electrons. The molecule has 1 fully saturated rings. The van der Waals surface area contributed by atoms with Gasteiger partial charge in [0.2, 0.25) is 0 Å². The van der Waals surface area contributed by atoms with Gasteiger partial charge in [-0.1, -0.05) is 19.1 Å². The monoisotopic (exact) mass is 554 g/mol. The third-order valence-electron chi connectivity index (χ3n) is 6.37. The van der Waals surface area contributed by atoms with Gasteiger partial charge in [-0.3, -0.25) is 33.9 Å². The van der Waals surface area contributed by atoms with Crippen molar-refractivity contribution >= 4 is 23.9 Å². The quantitative estimate of drug-likeness (QED) is 0.182. The Kier molecular flexibility index (Phi) is 13.1. The summed E-state index contributed by atoms with van der Waals surface area (Å²) < 4.78 is 6.17. The van der Waals surface area contributed by atoms with Crippen molar-refractivity contribution in [2.24, 2.45) is 0 Å². The van der Waals surface area contributed by atoms with E-state index in [2.05, 4.69) is 5.32 Å². The lowest BCUT2D eigenvalue weighted by atomic mass is 10.0. The number of carboxylic acid groups (broad SMARTS) is 4. The Bertz CT molecular complexity index is 961. The first-order chi connectivity index (χ1) is 18.5. The molecule has 1 aromatic rings. The zero-order valence-electron chi connectivity index (χ0n) is 21.9. The van der Waals surface area contributed by atoms with Crippen LogP contribution in [0.5, 0.6) is 5.75 Å². The normalized spacial score (nSPS) is 21.3. The molecule has 1 aliphatic heterocycles. The number of aliphatic carboxylic acids is 4. The summed E-state index contributed by atoms with van der Waals surface area (Å²) in [5, 5.41) is 52.2. The number of carboxylic acids is 4. The first kappa shape index (κ1) is 31.9.